The van der Waals surface area contributed by atoms with E-state index in [4.69, 9.17) is 0 Å². The number of benzene rings is 2. The Hall–Kier alpha value is -1.93. The van der Waals surface area contributed by atoms with Crippen LogP contribution in [0.25, 0.3) is 0 Å². The van der Waals surface area contributed by atoms with E-state index in [0.717, 1.165) is 12.8 Å². The van der Waals surface area contributed by atoms with Crippen LogP contribution in [0.15, 0.2) is 60.7 Å². The third-order valence-electron chi connectivity index (χ3n) is 3.91. The molecule has 0 bridgehead atoms. The van der Waals surface area contributed by atoms with E-state index in [1.54, 1.807) is 6.92 Å². The summed E-state index contributed by atoms with van der Waals surface area (Å²) >= 11 is 0. The smallest absolute Gasteiger partial charge is 0.136 e. The second-order valence-corrected chi connectivity index (χ2v) is 6.18. The maximum atomic E-state index is 12.1. The van der Waals surface area contributed by atoms with E-state index in [-0.39, 0.29) is 12.2 Å². The number of aliphatic hydroxyl groups is 1. The van der Waals surface area contributed by atoms with Crippen molar-refractivity contribution in [3.05, 3.63) is 71.8 Å². The molecule has 0 radical (unpaired) electrons. The standard InChI is InChI=1S/C20H24O2/c1-20(22,15-14-18-10-6-3-7-11-18)16-19(21)13-12-17-8-4-2-5-9-17/h2-11,22H,12-16H2,1H3. The summed E-state index contributed by atoms with van der Waals surface area (Å²) in [5, 5.41) is 10.4. The Morgan fingerprint density at radius 2 is 1.41 bits per heavy atom. The van der Waals surface area contributed by atoms with Gasteiger partial charge in [0.2, 0.25) is 0 Å². The Labute approximate surface area is 132 Å². The van der Waals surface area contributed by atoms with Crippen LogP contribution in [-0.4, -0.2) is 16.5 Å². The van der Waals surface area contributed by atoms with Crippen LogP contribution < -0.4 is 0 Å². The van der Waals surface area contributed by atoms with Gasteiger partial charge >= 0.3 is 0 Å². The van der Waals surface area contributed by atoms with Crippen molar-refractivity contribution in [2.75, 3.05) is 0 Å². The van der Waals surface area contributed by atoms with Crippen LogP contribution in [0, 0.1) is 0 Å². The molecule has 0 aliphatic carbocycles. The van der Waals surface area contributed by atoms with Crippen LogP contribution in [0.4, 0.5) is 0 Å². The number of carbonyl (C=O) groups is 1. The normalized spacial score (nSPS) is 13.5. The number of ketones is 1. The van der Waals surface area contributed by atoms with Crippen molar-refractivity contribution in [3.63, 3.8) is 0 Å². The summed E-state index contributed by atoms with van der Waals surface area (Å²) < 4.78 is 0. The van der Waals surface area contributed by atoms with Crippen molar-refractivity contribution in [2.24, 2.45) is 0 Å². The number of Topliss-reactive ketones (excluding diaryl/α,β-unsaturated/α-hetero) is 1. The highest BCUT2D eigenvalue weighted by molar-refractivity contribution is 5.79. The Kier molecular flexibility index (Phi) is 5.91. The molecular formula is C20H24O2. The largest absolute Gasteiger partial charge is 0.390 e. The van der Waals surface area contributed by atoms with Gasteiger partial charge in [0.15, 0.2) is 0 Å². The molecule has 116 valence electrons. The molecule has 0 aromatic heterocycles. The van der Waals surface area contributed by atoms with Crippen LogP contribution in [0.5, 0.6) is 0 Å². The molecule has 0 aliphatic heterocycles. The minimum absolute atomic E-state index is 0.127. The molecule has 2 nitrogen and oxygen atoms in total. The van der Waals surface area contributed by atoms with Crippen molar-refractivity contribution in [1.29, 1.82) is 0 Å². The lowest BCUT2D eigenvalue weighted by molar-refractivity contribution is -0.123. The molecule has 0 spiro atoms. The SMILES string of the molecule is CC(O)(CCc1ccccc1)CC(=O)CCc1ccccc1. The summed E-state index contributed by atoms with van der Waals surface area (Å²) in [6.07, 6.45) is 2.86. The molecule has 0 saturated carbocycles. The molecule has 0 aliphatic rings. The van der Waals surface area contributed by atoms with Crippen LogP contribution in [0.1, 0.15) is 37.3 Å². The van der Waals surface area contributed by atoms with Gasteiger partial charge in [-0.15, -0.1) is 0 Å². The van der Waals surface area contributed by atoms with Gasteiger partial charge in [-0.25, -0.2) is 0 Å². The molecule has 2 aromatic rings. The Bertz CT molecular complexity index is 573. The zero-order chi connectivity index (χ0) is 15.8. The van der Waals surface area contributed by atoms with E-state index in [9.17, 15) is 9.90 Å². The van der Waals surface area contributed by atoms with Gasteiger partial charge in [-0.3, -0.25) is 4.79 Å². The molecule has 2 aromatic carbocycles. The monoisotopic (exact) mass is 296 g/mol. The second-order valence-electron chi connectivity index (χ2n) is 6.18. The summed E-state index contributed by atoms with van der Waals surface area (Å²) in [6.45, 7) is 1.76. The van der Waals surface area contributed by atoms with Gasteiger partial charge in [-0.1, -0.05) is 60.7 Å². The van der Waals surface area contributed by atoms with Crippen LogP contribution in [0.2, 0.25) is 0 Å². The third kappa shape index (κ3) is 5.82. The first-order valence-corrected chi connectivity index (χ1v) is 7.87. The summed E-state index contributed by atoms with van der Waals surface area (Å²) in [5.41, 5.74) is 1.43. The molecule has 0 fully saturated rings. The van der Waals surface area contributed by atoms with Crippen molar-refractivity contribution in [3.8, 4) is 0 Å². The fraction of sp³-hybridized carbons (Fsp3) is 0.350. The fourth-order valence-electron chi connectivity index (χ4n) is 2.59. The highest BCUT2D eigenvalue weighted by Crippen LogP contribution is 2.19. The lowest BCUT2D eigenvalue weighted by atomic mass is 9.90. The first kappa shape index (κ1) is 16.4. The van der Waals surface area contributed by atoms with Crippen molar-refractivity contribution >= 4 is 5.78 Å². The first-order chi connectivity index (χ1) is 10.6. The lowest BCUT2D eigenvalue weighted by Crippen LogP contribution is -2.28. The Morgan fingerprint density at radius 3 is 1.95 bits per heavy atom. The molecule has 2 rings (SSSR count). The van der Waals surface area contributed by atoms with Gasteiger partial charge in [0.1, 0.15) is 5.78 Å². The number of hydrogen-bond acceptors (Lipinski definition) is 2. The van der Waals surface area contributed by atoms with Gasteiger partial charge in [0.25, 0.3) is 0 Å². The minimum atomic E-state index is -0.927. The highest BCUT2D eigenvalue weighted by Gasteiger charge is 2.23. The maximum absolute atomic E-state index is 12.1. The highest BCUT2D eigenvalue weighted by atomic mass is 16.3. The Morgan fingerprint density at radius 1 is 0.909 bits per heavy atom. The van der Waals surface area contributed by atoms with Crippen molar-refractivity contribution in [1.82, 2.24) is 0 Å². The number of aryl methyl sites for hydroxylation is 2. The average Bonchev–Trinajstić information content (AvgIpc) is 2.53. The topological polar surface area (TPSA) is 37.3 Å². The molecule has 1 atom stereocenters. The lowest BCUT2D eigenvalue weighted by Gasteiger charge is -2.22. The van der Waals surface area contributed by atoms with Crippen LogP contribution >= 0.6 is 0 Å². The van der Waals surface area contributed by atoms with Gasteiger partial charge < -0.3 is 5.11 Å². The van der Waals surface area contributed by atoms with Crippen LogP contribution in [-0.2, 0) is 17.6 Å². The van der Waals surface area contributed by atoms with E-state index < -0.39 is 5.60 Å². The Balaban J connectivity index is 1.76. The summed E-state index contributed by atoms with van der Waals surface area (Å²) in [5.74, 6) is 0.127. The molecular weight excluding hydrogens is 272 g/mol. The van der Waals surface area contributed by atoms with Gasteiger partial charge in [-0.2, -0.15) is 0 Å². The van der Waals surface area contributed by atoms with Crippen LogP contribution in [0.3, 0.4) is 0 Å². The average molecular weight is 296 g/mol. The van der Waals surface area contributed by atoms with E-state index in [2.05, 4.69) is 0 Å². The minimum Gasteiger partial charge on any atom is -0.390 e. The zero-order valence-electron chi connectivity index (χ0n) is 13.2. The van der Waals surface area contributed by atoms with E-state index in [1.807, 2.05) is 60.7 Å². The van der Waals surface area contributed by atoms with E-state index >= 15 is 0 Å². The molecule has 0 heterocycles. The molecule has 22 heavy (non-hydrogen) atoms. The summed E-state index contributed by atoms with van der Waals surface area (Å²) in [4.78, 5) is 12.1. The quantitative estimate of drug-likeness (QED) is 0.800. The number of hydrogen-bond donors (Lipinski definition) is 1. The number of rotatable bonds is 8. The molecule has 1 unspecified atom stereocenters. The molecule has 1 N–H and O–H groups in total. The number of carbonyl (C=O) groups excluding carboxylic acids is 1. The van der Waals surface area contributed by atoms with Gasteiger partial charge in [0.05, 0.1) is 5.60 Å². The molecule has 2 heteroatoms. The van der Waals surface area contributed by atoms with Gasteiger partial charge in [0, 0.05) is 12.8 Å². The fourth-order valence-corrected chi connectivity index (χ4v) is 2.59. The van der Waals surface area contributed by atoms with Crippen molar-refractivity contribution < 1.29 is 9.90 Å². The summed E-state index contributed by atoms with van der Waals surface area (Å²) in [6, 6.07) is 20.1. The van der Waals surface area contributed by atoms with E-state index in [0.29, 0.717) is 12.8 Å². The summed E-state index contributed by atoms with van der Waals surface area (Å²) in [7, 11) is 0. The van der Waals surface area contributed by atoms with Gasteiger partial charge in [-0.05, 0) is 37.3 Å². The van der Waals surface area contributed by atoms with Crippen molar-refractivity contribution in [2.45, 2.75) is 44.6 Å². The zero-order valence-corrected chi connectivity index (χ0v) is 13.2. The predicted molar refractivity (Wildman–Crippen MR) is 89.8 cm³/mol. The predicted octanol–water partition coefficient (Wildman–Crippen LogP) is 3.96. The molecule has 0 saturated heterocycles. The third-order valence-corrected chi connectivity index (χ3v) is 3.91. The second kappa shape index (κ2) is 7.90. The molecule has 0 amide bonds. The first-order valence-electron chi connectivity index (χ1n) is 7.87. The maximum Gasteiger partial charge on any atom is 0.136 e. The van der Waals surface area contributed by atoms with E-state index in [1.165, 1.54) is 11.1 Å².